The molecule has 2 N–H and O–H groups in total. The highest BCUT2D eigenvalue weighted by Crippen LogP contribution is 2.03. The highest BCUT2D eigenvalue weighted by Gasteiger charge is 2.07. The molecule has 0 saturated carbocycles. The summed E-state index contributed by atoms with van der Waals surface area (Å²) in [5.41, 5.74) is 1.59. The van der Waals surface area contributed by atoms with Gasteiger partial charge in [-0.2, -0.15) is 5.26 Å². The topological polar surface area (TPSA) is 104 Å². The first-order chi connectivity index (χ1) is 9.69. The van der Waals surface area contributed by atoms with Crippen molar-refractivity contribution in [1.82, 2.24) is 20.3 Å². The average Bonchev–Trinajstić information content (AvgIpc) is 2.93. The molecule has 0 fully saturated rings. The predicted molar refractivity (Wildman–Crippen MR) is 69.8 cm³/mol. The molecule has 0 aliphatic rings. The Balaban J connectivity index is 1.78. The largest absolute Gasteiger partial charge is 0.476 e. The van der Waals surface area contributed by atoms with Gasteiger partial charge >= 0.3 is 5.97 Å². The predicted octanol–water partition coefficient (Wildman–Crippen LogP) is 0.638. The Hall–Kier alpha value is -2.72. The van der Waals surface area contributed by atoms with Gasteiger partial charge in [0.05, 0.1) is 24.4 Å². The van der Waals surface area contributed by atoms with E-state index < -0.39 is 5.97 Å². The second-order valence-electron chi connectivity index (χ2n) is 4.16. The van der Waals surface area contributed by atoms with Crippen LogP contribution in [0.4, 0.5) is 0 Å². The molecule has 0 saturated heterocycles. The first-order valence-electron chi connectivity index (χ1n) is 6.02. The summed E-state index contributed by atoms with van der Waals surface area (Å²) in [6, 6.07) is 9.45. The van der Waals surface area contributed by atoms with Gasteiger partial charge in [-0.05, 0) is 17.7 Å². The summed E-state index contributed by atoms with van der Waals surface area (Å²) in [5, 5.41) is 27.9. The lowest BCUT2D eigenvalue weighted by atomic mass is 10.1. The van der Waals surface area contributed by atoms with Crippen molar-refractivity contribution in [1.29, 1.82) is 5.26 Å². The third-order valence-corrected chi connectivity index (χ3v) is 2.66. The molecule has 1 aromatic heterocycles. The van der Waals surface area contributed by atoms with Crippen molar-refractivity contribution in [3.05, 3.63) is 47.3 Å². The van der Waals surface area contributed by atoms with Gasteiger partial charge in [0.15, 0.2) is 5.69 Å². The zero-order valence-corrected chi connectivity index (χ0v) is 10.7. The zero-order chi connectivity index (χ0) is 14.4. The van der Waals surface area contributed by atoms with Crippen LogP contribution in [0.2, 0.25) is 0 Å². The monoisotopic (exact) mass is 271 g/mol. The van der Waals surface area contributed by atoms with Crippen molar-refractivity contribution < 1.29 is 9.90 Å². The molecule has 0 radical (unpaired) electrons. The van der Waals surface area contributed by atoms with Gasteiger partial charge in [-0.15, -0.1) is 5.10 Å². The Labute approximate surface area is 115 Å². The number of benzene rings is 1. The van der Waals surface area contributed by atoms with E-state index in [-0.39, 0.29) is 5.69 Å². The van der Waals surface area contributed by atoms with Gasteiger partial charge in [-0.3, -0.25) is 4.68 Å². The van der Waals surface area contributed by atoms with Gasteiger partial charge in [0.25, 0.3) is 0 Å². The van der Waals surface area contributed by atoms with E-state index in [1.807, 2.05) is 18.2 Å². The van der Waals surface area contributed by atoms with E-state index in [4.69, 9.17) is 10.4 Å². The molecule has 0 atom stereocenters. The molecular weight excluding hydrogens is 258 g/mol. The van der Waals surface area contributed by atoms with Crippen LogP contribution >= 0.6 is 0 Å². The van der Waals surface area contributed by atoms with Gasteiger partial charge < -0.3 is 10.4 Å². The van der Waals surface area contributed by atoms with Gasteiger partial charge in [0.1, 0.15) is 0 Å². The van der Waals surface area contributed by atoms with Crippen LogP contribution in [-0.2, 0) is 13.1 Å². The fraction of sp³-hybridized carbons (Fsp3) is 0.231. The molecule has 7 heteroatoms. The van der Waals surface area contributed by atoms with Crippen molar-refractivity contribution in [3.8, 4) is 6.07 Å². The Kier molecular flexibility index (Phi) is 4.42. The number of nitrogens with zero attached hydrogens (tertiary/aromatic N) is 4. The number of hydrogen-bond donors (Lipinski definition) is 2. The second-order valence-corrected chi connectivity index (χ2v) is 4.16. The van der Waals surface area contributed by atoms with E-state index in [0.29, 0.717) is 25.2 Å². The third-order valence-electron chi connectivity index (χ3n) is 2.66. The Morgan fingerprint density at radius 2 is 2.35 bits per heavy atom. The van der Waals surface area contributed by atoms with E-state index in [1.165, 1.54) is 10.9 Å². The molecule has 102 valence electrons. The van der Waals surface area contributed by atoms with Crippen LogP contribution in [-0.4, -0.2) is 32.6 Å². The smallest absolute Gasteiger partial charge is 0.358 e. The minimum atomic E-state index is -1.09. The molecule has 2 aromatic rings. The fourth-order valence-electron chi connectivity index (χ4n) is 1.68. The third kappa shape index (κ3) is 3.63. The van der Waals surface area contributed by atoms with Crippen LogP contribution in [0.3, 0.4) is 0 Å². The van der Waals surface area contributed by atoms with Crippen LogP contribution in [0.1, 0.15) is 21.6 Å². The summed E-state index contributed by atoms with van der Waals surface area (Å²) >= 11 is 0. The number of aromatic nitrogens is 3. The molecule has 0 unspecified atom stereocenters. The number of aromatic carboxylic acids is 1. The number of carboxylic acid groups (broad SMARTS) is 1. The lowest BCUT2D eigenvalue weighted by Crippen LogP contribution is -2.19. The Bertz CT molecular complexity index is 644. The van der Waals surface area contributed by atoms with Crippen LogP contribution in [0, 0.1) is 11.3 Å². The minimum Gasteiger partial charge on any atom is -0.476 e. The highest BCUT2D eigenvalue weighted by atomic mass is 16.4. The van der Waals surface area contributed by atoms with Gasteiger partial charge in [-0.25, -0.2) is 4.79 Å². The van der Waals surface area contributed by atoms with E-state index in [9.17, 15) is 4.79 Å². The number of carboxylic acids is 1. The molecule has 7 nitrogen and oxygen atoms in total. The van der Waals surface area contributed by atoms with Gasteiger partial charge in [0.2, 0.25) is 0 Å². The van der Waals surface area contributed by atoms with Crippen molar-refractivity contribution in [2.75, 3.05) is 6.54 Å². The Morgan fingerprint density at radius 3 is 3.05 bits per heavy atom. The molecule has 2 rings (SSSR count). The Morgan fingerprint density at radius 1 is 1.50 bits per heavy atom. The molecule has 0 aliphatic heterocycles. The normalized spacial score (nSPS) is 10.2. The maximum Gasteiger partial charge on any atom is 0.358 e. The van der Waals surface area contributed by atoms with Gasteiger partial charge in [-0.1, -0.05) is 17.3 Å². The zero-order valence-electron chi connectivity index (χ0n) is 10.7. The maximum absolute atomic E-state index is 10.6. The van der Waals surface area contributed by atoms with E-state index in [1.54, 1.807) is 6.07 Å². The molecular formula is C13H13N5O2. The first-order valence-corrected chi connectivity index (χ1v) is 6.02. The minimum absolute atomic E-state index is 0.0632. The lowest BCUT2D eigenvalue weighted by molar-refractivity contribution is 0.0690. The summed E-state index contributed by atoms with van der Waals surface area (Å²) in [6.07, 6.45) is 1.39. The number of nitriles is 1. The SMILES string of the molecule is N#Cc1cccc(CNCCn2cc(C(=O)O)nn2)c1. The highest BCUT2D eigenvalue weighted by molar-refractivity contribution is 5.84. The van der Waals surface area contributed by atoms with Gasteiger partial charge in [0, 0.05) is 13.1 Å². The van der Waals surface area contributed by atoms with Crippen LogP contribution < -0.4 is 5.32 Å². The quantitative estimate of drug-likeness (QED) is 0.747. The fourth-order valence-corrected chi connectivity index (χ4v) is 1.68. The number of carbonyl (C=O) groups is 1. The summed E-state index contributed by atoms with van der Waals surface area (Å²) < 4.78 is 1.47. The lowest BCUT2D eigenvalue weighted by Gasteiger charge is -2.05. The molecule has 0 amide bonds. The number of hydrogen-bond acceptors (Lipinski definition) is 5. The van der Waals surface area contributed by atoms with Crippen molar-refractivity contribution in [2.45, 2.75) is 13.1 Å². The van der Waals surface area contributed by atoms with E-state index >= 15 is 0 Å². The summed E-state index contributed by atoms with van der Waals surface area (Å²) in [6.45, 7) is 1.79. The van der Waals surface area contributed by atoms with Crippen molar-refractivity contribution in [2.24, 2.45) is 0 Å². The van der Waals surface area contributed by atoms with Crippen LogP contribution in [0.25, 0.3) is 0 Å². The molecule has 0 bridgehead atoms. The molecule has 0 aliphatic carbocycles. The molecule has 20 heavy (non-hydrogen) atoms. The van der Waals surface area contributed by atoms with E-state index in [2.05, 4.69) is 21.7 Å². The molecule has 0 spiro atoms. The van der Waals surface area contributed by atoms with E-state index in [0.717, 1.165) is 5.56 Å². The number of rotatable bonds is 6. The standard InChI is InChI=1S/C13H13N5O2/c14-7-10-2-1-3-11(6-10)8-15-4-5-18-9-12(13(19)20)16-17-18/h1-3,6,9,15H,4-5,8H2,(H,19,20). The molecule has 1 heterocycles. The maximum atomic E-state index is 10.6. The summed E-state index contributed by atoms with van der Waals surface area (Å²) in [5.74, 6) is -1.09. The summed E-state index contributed by atoms with van der Waals surface area (Å²) in [4.78, 5) is 10.6. The van der Waals surface area contributed by atoms with Crippen LogP contribution in [0.5, 0.6) is 0 Å². The first kappa shape index (κ1) is 13.7. The molecule has 1 aromatic carbocycles. The number of nitrogens with one attached hydrogen (secondary N) is 1. The van der Waals surface area contributed by atoms with Crippen molar-refractivity contribution >= 4 is 5.97 Å². The van der Waals surface area contributed by atoms with Crippen molar-refractivity contribution in [3.63, 3.8) is 0 Å². The second kappa shape index (κ2) is 6.45. The summed E-state index contributed by atoms with van der Waals surface area (Å²) in [7, 11) is 0. The van der Waals surface area contributed by atoms with Crippen LogP contribution in [0.15, 0.2) is 30.5 Å². The average molecular weight is 271 g/mol.